The first kappa shape index (κ1) is 22.5. The maximum absolute atomic E-state index is 13.0. The molecule has 2 atom stereocenters. The Morgan fingerprint density at radius 2 is 1.79 bits per heavy atom. The summed E-state index contributed by atoms with van der Waals surface area (Å²) >= 11 is 0. The molecule has 6 nitrogen and oxygen atoms in total. The van der Waals surface area contributed by atoms with E-state index in [0.717, 1.165) is 26.8 Å². The third-order valence-corrected chi connectivity index (χ3v) is 5.72. The number of quaternary nitrogens is 1. The van der Waals surface area contributed by atoms with E-state index >= 15 is 0 Å². The molecule has 3 aromatic carbocycles. The molecule has 0 aliphatic heterocycles. The van der Waals surface area contributed by atoms with Gasteiger partial charge in [-0.2, -0.15) is 8.78 Å². The van der Waals surface area contributed by atoms with E-state index in [-0.39, 0.29) is 11.7 Å². The number of anilines is 1. The smallest absolute Gasteiger partial charge is 0.387 e. The van der Waals surface area contributed by atoms with Crippen molar-refractivity contribution >= 4 is 33.5 Å². The van der Waals surface area contributed by atoms with Crippen molar-refractivity contribution in [1.82, 2.24) is 0 Å². The summed E-state index contributed by atoms with van der Waals surface area (Å²) in [6, 6.07) is 17.4. The molecule has 0 saturated carbocycles. The average molecular weight is 455 g/mol. The summed E-state index contributed by atoms with van der Waals surface area (Å²) in [7, 11) is 3.45. The Balaban J connectivity index is 1.48. The summed E-state index contributed by atoms with van der Waals surface area (Å²) in [5, 5.41) is 4.84. The van der Waals surface area contributed by atoms with Gasteiger partial charge in [-0.05, 0) is 43.3 Å². The van der Waals surface area contributed by atoms with E-state index in [2.05, 4.69) is 10.1 Å². The highest BCUT2D eigenvalue weighted by atomic mass is 19.3. The first-order chi connectivity index (χ1) is 15.9. The number of fused-ring (bicyclic) bond motifs is 3. The van der Waals surface area contributed by atoms with Crippen LogP contribution in [0.15, 0.2) is 65.1 Å². The fourth-order valence-electron chi connectivity index (χ4n) is 3.75. The number of halogens is 2. The number of alkyl halides is 2. The van der Waals surface area contributed by atoms with Crippen LogP contribution in [0.3, 0.4) is 0 Å². The molecule has 1 heterocycles. The van der Waals surface area contributed by atoms with Crippen molar-refractivity contribution in [2.45, 2.75) is 26.1 Å². The second-order valence-electron chi connectivity index (χ2n) is 7.90. The van der Waals surface area contributed by atoms with Gasteiger partial charge in [-0.25, -0.2) is 0 Å². The minimum Gasteiger partial charge on any atom is -0.495 e. The molecule has 172 valence electrons. The van der Waals surface area contributed by atoms with Crippen LogP contribution in [-0.4, -0.2) is 32.7 Å². The predicted octanol–water partition coefficient (Wildman–Crippen LogP) is 4.24. The molecule has 0 aliphatic rings. The maximum atomic E-state index is 13.0. The lowest BCUT2D eigenvalue weighted by Gasteiger charge is -2.21. The lowest BCUT2D eigenvalue weighted by Crippen LogP contribution is -3.12. The summed E-state index contributed by atoms with van der Waals surface area (Å²) in [5.74, 6) is 0.464. The third-order valence-electron chi connectivity index (χ3n) is 5.72. The van der Waals surface area contributed by atoms with Gasteiger partial charge in [0.1, 0.15) is 29.2 Å². The van der Waals surface area contributed by atoms with Crippen LogP contribution in [0.25, 0.3) is 21.9 Å². The minimum absolute atomic E-state index is 0.102. The second-order valence-corrected chi connectivity index (χ2v) is 7.90. The standard InChI is InChI=1S/C25H24F2N2O4/c1-15(29(2)14-16-8-10-17(11-9-16)32-25(26)27)24(30)28-20-13-22-19(12-23(20)31-3)18-6-4-5-7-21(18)33-22/h4-13,15,25H,14H2,1-3H3,(H,28,30)/p+1/t15-/m0/s1. The van der Waals surface area contributed by atoms with Gasteiger partial charge in [-0.3, -0.25) is 4.79 Å². The van der Waals surface area contributed by atoms with Crippen molar-refractivity contribution in [3.05, 3.63) is 66.2 Å². The molecule has 0 bridgehead atoms. The van der Waals surface area contributed by atoms with E-state index in [4.69, 9.17) is 9.15 Å². The van der Waals surface area contributed by atoms with Gasteiger partial charge >= 0.3 is 6.61 Å². The zero-order valence-electron chi connectivity index (χ0n) is 18.5. The number of likely N-dealkylation sites (N-methyl/N-ethyl adjacent to an activating group) is 1. The Hall–Kier alpha value is -3.65. The Morgan fingerprint density at radius 1 is 1.06 bits per heavy atom. The normalized spacial score (nSPS) is 13.3. The molecule has 1 amide bonds. The number of para-hydroxylation sites is 1. The quantitative estimate of drug-likeness (QED) is 0.417. The van der Waals surface area contributed by atoms with Gasteiger partial charge in [-0.15, -0.1) is 0 Å². The summed E-state index contributed by atoms with van der Waals surface area (Å²) in [4.78, 5) is 13.9. The molecule has 2 N–H and O–H groups in total. The lowest BCUT2D eigenvalue weighted by molar-refractivity contribution is -0.907. The molecule has 0 saturated heterocycles. The van der Waals surface area contributed by atoms with Gasteiger partial charge < -0.3 is 24.1 Å². The zero-order chi connectivity index (χ0) is 23.5. The van der Waals surface area contributed by atoms with Crippen molar-refractivity contribution < 1.29 is 32.4 Å². The van der Waals surface area contributed by atoms with Crippen LogP contribution in [0.2, 0.25) is 0 Å². The van der Waals surface area contributed by atoms with Gasteiger partial charge in [0.2, 0.25) is 0 Å². The first-order valence-corrected chi connectivity index (χ1v) is 10.5. The van der Waals surface area contributed by atoms with E-state index in [1.807, 2.05) is 44.3 Å². The Labute approximate surface area is 189 Å². The van der Waals surface area contributed by atoms with Crippen molar-refractivity contribution in [1.29, 1.82) is 0 Å². The number of carbonyl (C=O) groups excluding carboxylic acids is 1. The number of hydrogen-bond donors (Lipinski definition) is 2. The van der Waals surface area contributed by atoms with Gasteiger partial charge in [0.05, 0.1) is 19.8 Å². The number of benzene rings is 3. The van der Waals surface area contributed by atoms with Crippen molar-refractivity contribution in [2.75, 3.05) is 19.5 Å². The van der Waals surface area contributed by atoms with E-state index in [1.54, 1.807) is 25.3 Å². The fraction of sp³-hybridized carbons (Fsp3) is 0.240. The second kappa shape index (κ2) is 9.46. The monoisotopic (exact) mass is 455 g/mol. The molecular formula is C25H25F2N2O4+. The average Bonchev–Trinajstić information content (AvgIpc) is 3.16. The fourth-order valence-corrected chi connectivity index (χ4v) is 3.75. The van der Waals surface area contributed by atoms with E-state index < -0.39 is 12.7 Å². The molecule has 4 rings (SSSR count). The first-order valence-electron chi connectivity index (χ1n) is 10.5. The van der Waals surface area contributed by atoms with Crippen LogP contribution in [0.4, 0.5) is 14.5 Å². The number of hydrogen-bond acceptors (Lipinski definition) is 4. The van der Waals surface area contributed by atoms with Crippen LogP contribution >= 0.6 is 0 Å². The van der Waals surface area contributed by atoms with Crippen molar-refractivity contribution in [3.63, 3.8) is 0 Å². The number of ether oxygens (including phenoxy) is 2. The maximum Gasteiger partial charge on any atom is 0.387 e. The SMILES string of the molecule is COc1cc2c(cc1NC(=O)[C@H](C)[NH+](C)Cc1ccc(OC(F)F)cc1)oc1ccccc12. The molecule has 0 aliphatic carbocycles. The zero-order valence-corrected chi connectivity index (χ0v) is 18.5. The van der Waals surface area contributed by atoms with Crippen LogP contribution < -0.4 is 19.7 Å². The number of furan rings is 1. The molecule has 0 radical (unpaired) electrons. The van der Waals surface area contributed by atoms with E-state index in [9.17, 15) is 13.6 Å². The lowest BCUT2D eigenvalue weighted by atomic mass is 10.1. The van der Waals surface area contributed by atoms with Crippen LogP contribution in [0.1, 0.15) is 12.5 Å². The Bertz CT molecular complexity index is 1270. The number of carbonyl (C=O) groups is 1. The van der Waals surface area contributed by atoms with Gasteiger partial charge in [-0.1, -0.05) is 18.2 Å². The molecule has 4 aromatic rings. The summed E-state index contributed by atoms with van der Waals surface area (Å²) in [6.07, 6.45) is 0. The summed E-state index contributed by atoms with van der Waals surface area (Å²) in [6.45, 7) is -0.502. The highest BCUT2D eigenvalue weighted by Gasteiger charge is 2.24. The molecule has 0 fully saturated rings. The Morgan fingerprint density at radius 3 is 2.48 bits per heavy atom. The minimum atomic E-state index is -2.86. The summed E-state index contributed by atoms with van der Waals surface area (Å²) in [5.41, 5.74) is 2.85. The molecule has 33 heavy (non-hydrogen) atoms. The highest BCUT2D eigenvalue weighted by molar-refractivity contribution is 6.08. The van der Waals surface area contributed by atoms with Crippen molar-refractivity contribution in [3.8, 4) is 11.5 Å². The van der Waals surface area contributed by atoms with Crippen LogP contribution in [-0.2, 0) is 11.3 Å². The van der Waals surface area contributed by atoms with Gasteiger partial charge in [0, 0.05) is 22.4 Å². The topological polar surface area (TPSA) is 65.1 Å². The van der Waals surface area contributed by atoms with Crippen LogP contribution in [0, 0.1) is 0 Å². The van der Waals surface area contributed by atoms with Gasteiger partial charge in [0.15, 0.2) is 6.04 Å². The number of nitrogens with one attached hydrogen (secondary N) is 2. The van der Waals surface area contributed by atoms with Crippen LogP contribution in [0.5, 0.6) is 11.5 Å². The Kier molecular flexibility index (Phi) is 6.46. The molecule has 1 aromatic heterocycles. The number of rotatable bonds is 8. The van der Waals surface area contributed by atoms with Gasteiger partial charge in [0.25, 0.3) is 5.91 Å². The number of methoxy groups -OCH3 is 1. The molecule has 1 unspecified atom stereocenters. The summed E-state index contributed by atoms with van der Waals surface area (Å²) < 4.78 is 40.4. The predicted molar refractivity (Wildman–Crippen MR) is 122 cm³/mol. The molecule has 8 heteroatoms. The largest absolute Gasteiger partial charge is 0.495 e. The third kappa shape index (κ3) is 4.90. The van der Waals surface area contributed by atoms with E-state index in [0.29, 0.717) is 23.6 Å². The van der Waals surface area contributed by atoms with E-state index in [1.165, 1.54) is 12.1 Å². The molecular weight excluding hydrogens is 430 g/mol. The number of amides is 1. The van der Waals surface area contributed by atoms with Crippen molar-refractivity contribution in [2.24, 2.45) is 0 Å². The molecule has 0 spiro atoms. The highest BCUT2D eigenvalue weighted by Crippen LogP contribution is 2.36.